The summed E-state index contributed by atoms with van der Waals surface area (Å²) in [4.78, 5) is 9.12. The summed E-state index contributed by atoms with van der Waals surface area (Å²) in [5.41, 5.74) is 11.6. The van der Waals surface area contributed by atoms with Crippen LogP contribution in [0.15, 0.2) is 188 Å². The summed E-state index contributed by atoms with van der Waals surface area (Å²) in [6.45, 7) is 8.41. The van der Waals surface area contributed by atoms with Crippen molar-refractivity contribution in [2.45, 2.75) is 26.2 Å². The largest absolute Gasteiger partial charge is 0.553 e. The van der Waals surface area contributed by atoms with E-state index in [1.165, 1.54) is 5.56 Å². The fraction of sp³-hybridized carbons (Fsp3) is 0.0741. The molecule has 0 fully saturated rings. The van der Waals surface area contributed by atoms with Crippen molar-refractivity contribution < 1.29 is 30.5 Å². The van der Waals surface area contributed by atoms with Gasteiger partial charge in [-0.2, -0.15) is 12.1 Å². The molecule has 0 saturated carbocycles. The second-order valence-corrected chi connectivity index (χ2v) is 16.5. The van der Waals surface area contributed by atoms with Crippen LogP contribution in [0.2, 0.25) is 0 Å². The summed E-state index contributed by atoms with van der Waals surface area (Å²) in [5, 5.41) is 2.21. The van der Waals surface area contributed by atoms with Gasteiger partial charge in [0.15, 0.2) is 5.88 Å². The second kappa shape index (κ2) is 15.9. The Kier molecular flexibility index (Phi) is 10.1. The van der Waals surface area contributed by atoms with E-state index >= 15 is 0 Å². The fourth-order valence-corrected chi connectivity index (χ4v) is 8.60. The fourth-order valence-electron chi connectivity index (χ4n) is 8.60. The van der Waals surface area contributed by atoms with Crippen LogP contribution >= 0.6 is 0 Å². The zero-order valence-electron chi connectivity index (χ0n) is 34.4. The molecule has 4 heterocycles. The summed E-state index contributed by atoms with van der Waals surface area (Å²) < 4.78 is 15.8. The Morgan fingerprint density at radius 1 is 0.661 bits per heavy atom. The predicted molar refractivity (Wildman–Crippen MR) is 249 cm³/mol. The summed E-state index contributed by atoms with van der Waals surface area (Å²) >= 11 is 0. The molecule has 2 aliphatic rings. The van der Waals surface area contributed by atoms with Crippen LogP contribution in [0.3, 0.4) is 0 Å². The van der Waals surface area contributed by atoms with E-state index in [1.54, 1.807) is 0 Å². The van der Waals surface area contributed by atoms with Gasteiger partial charge < -0.3 is 23.8 Å². The van der Waals surface area contributed by atoms with Gasteiger partial charge in [-0.1, -0.05) is 159 Å². The third-order valence-electron chi connectivity index (χ3n) is 11.6. The van der Waals surface area contributed by atoms with Crippen LogP contribution in [-0.2, 0) is 31.1 Å². The van der Waals surface area contributed by atoms with Gasteiger partial charge in [0, 0.05) is 67.3 Å². The Morgan fingerprint density at radius 3 is 2.02 bits per heavy atom. The zero-order chi connectivity index (χ0) is 41.1. The summed E-state index contributed by atoms with van der Waals surface area (Å²) in [7, 11) is 0. The van der Waals surface area contributed by atoms with E-state index in [0.717, 1.165) is 72.2 Å². The number of ether oxygens (including phenoxy) is 1. The van der Waals surface area contributed by atoms with Gasteiger partial charge in [-0.25, -0.2) is 4.98 Å². The minimum absolute atomic E-state index is 0. The number of para-hydroxylation sites is 2. The summed E-state index contributed by atoms with van der Waals surface area (Å²) in [6.07, 6.45) is 3.98. The average Bonchev–Trinajstić information content (AvgIpc) is 3.88. The quantitative estimate of drug-likeness (QED) is 0.118. The van der Waals surface area contributed by atoms with Crippen LogP contribution in [-0.4, -0.2) is 16.5 Å². The first-order valence-electron chi connectivity index (χ1n) is 20.6. The molecular weight excluding hydrogens is 943 g/mol. The first kappa shape index (κ1) is 39.3. The van der Waals surface area contributed by atoms with Crippen LogP contribution in [0.4, 0.5) is 11.4 Å². The molecular formula is C54H40BN4O2Pt-3. The van der Waals surface area contributed by atoms with E-state index in [0.29, 0.717) is 17.4 Å². The van der Waals surface area contributed by atoms with Crippen LogP contribution < -0.4 is 25.5 Å². The number of hydrogen-bond donors (Lipinski definition) is 0. The molecule has 2 aliphatic heterocycles. The van der Waals surface area contributed by atoms with Gasteiger partial charge >= 0.3 is 6.92 Å². The van der Waals surface area contributed by atoms with Gasteiger partial charge in [0.2, 0.25) is 0 Å². The van der Waals surface area contributed by atoms with Crippen LogP contribution in [0, 0.1) is 18.8 Å². The molecule has 0 bridgehead atoms. The predicted octanol–water partition coefficient (Wildman–Crippen LogP) is 11.6. The van der Waals surface area contributed by atoms with Gasteiger partial charge in [-0.15, -0.1) is 41.8 Å². The Balaban J connectivity index is 0.00000458. The SMILES string of the molecule is CC(C)(C)c1ccnc(-n2c3[c-]c(Oc4[c-]c5c(cc4)B(c4ccccc4)OC4=CN(c6c(-c7ccccc7)cccc6-c6ccccc6)[CH-]N45)ccc3c3ccccc32)c1.[Pt]. The van der Waals surface area contributed by atoms with Gasteiger partial charge in [-0.3, -0.25) is 0 Å². The maximum Gasteiger partial charge on any atom is 0.359 e. The van der Waals surface area contributed by atoms with Crippen molar-refractivity contribution in [3.05, 3.63) is 213 Å². The molecule has 6 nitrogen and oxygen atoms in total. The van der Waals surface area contributed by atoms with Crippen molar-refractivity contribution in [2.24, 2.45) is 0 Å². The van der Waals surface area contributed by atoms with Crippen molar-refractivity contribution in [1.29, 1.82) is 0 Å². The molecule has 8 heteroatoms. The maximum absolute atomic E-state index is 6.92. The van der Waals surface area contributed by atoms with Crippen molar-refractivity contribution in [1.82, 2.24) is 9.55 Å². The minimum Gasteiger partial charge on any atom is -0.553 e. The Hall–Kier alpha value is -6.82. The molecule has 0 amide bonds. The molecule has 0 spiro atoms. The molecule has 0 radical (unpaired) electrons. The van der Waals surface area contributed by atoms with Crippen LogP contribution in [0.1, 0.15) is 26.3 Å². The van der Waals surface area contributed by atoms with E-state index < -0.39 is 0 Å². The van der Waals surface area contributed by atoms with Crippen molar-refractivity contribution in [2.75, 3.05) is 9.80 Å². The van der Waals surface area contributed by atoms with E-state index in [9.17, 15) is 0 Å². The van der Waals surface area contributed by atoms with Crippen LogP contribution in [0.25, 0.3) is 49.9 Å². The van der Waals surface area contributed by atoms with Crippen molar-refractivity contribution >= 4 is 51.0 Å². The topological polar surface area (TPSA) is 42.8 Å². The van der Waals surface area contributed by atoms with Gasteiger partial charge in [0.05, 0.1) is 0 Å². The Bertz CT molecular complexity index is 3070. The molecule has 0 saturated heterocycles. The standard InChI is InChI=1S/C54H40BN4O2.Pt/c1-54(2,3)39-30-31-56-51(32-39)59-48-25-14-13-22-45(48)46-28-26-41(33-49(46)59)60-42-27-29-47-50(34-42)58-36-57(35-52(58)61-55(47)40-20-11-6-12-21-40)53-43(37-16-7-4-8-17-37)23-15-24-44(53)38-18-9-5-10-19-38;/h4-32,35-36H,1-3H3;/q-3;. The zero-order valence-corrected chi connectivity index (χ0v) is 36.7. The molecule has 0 unspecified atom stereocenters. The number of hydrogen-bond acceptors (Lipinski definition) is 5. The molecule has 304 valence electrons. The Morgan fingerprint density at radius 2 is 1.31 bits per heavy atom. The monoisotopic (exact) mass is 982 g/mol. The number of anilines is 2. The first-order valence-corrected chi connectivity index (χ1v) is 20.6. The number of benzene rings is 7. The number of rotatable bonds is 7. The number of nitrogens with zero attached hydrogens (tertiary/aromatic N) is 4. The number of fused-ring (bicyclic) bond motifs is 6. The molecule has 0 aliphatic carbocycles. The maximum atomic E-state index is 6.92. The first-order chi connectivity index (χ1) is 29.9. The average molecular weight is 983 g/mol. The molecule has 2 aromatic heterocycles. The molecule has 62 heavy (non-hydrogen) atoms. The molecule has 0 N–H and O–H groups in total. The molecule has 9 aromatic rings. The van der Waals surface area contributed by atoms with Gasteiger partial charge in [0.25, 0.3) is 0 Å². The number of aromatic nitrogens is 2. The van der Waals surface area contributed by atoms with Gasteiger partial charge in [-0.05, 0) is 51.2 Å². The van der Waals surface area contributed by atoms with Crippen LogP contribution in [0.5, 0.6) is 11.5 Å². The number of pyridine rings is 1. The minimum atomic E-state index is -0.356. The Labute approximate surface area is 377 Å². The van der Waals surface area contributed by atoms with Gasteiger partial charge in [0.1, 0.15) is 5.82 Å². The summed E-state index contributed by atoms with van der Waals surface area (Å²) in [6, 6.07) is 66.1. The third-order valence-corrected chi connectivity index (χ3v) is 11.6. The second-order valence-electron chi connectivity index (χ2n) is 16.5. The van der Waals surface area contributed by atoms with E-state index in [4.69, 9.17) is 14.4 Å². The van der Waals surface area contributed by atoms with E-state index in [1.807, 2.05) is 24.4 Å². The molecule has 11 rings (SSSR count). The third kappa shape index (κ3) is 6.97. The van der Waals surface area contributed by atoms with E-state index in [2.05, 4.69) is 212 Å². The van der Waals surface area contributed by atoms with E-state index in [-0.39, 0.29) is 33.4 Å². The smallest absolute Gasteiger partial charge is 0.359 e. The molecule has 0 atom stereocenters. The van der Waals surface area contributed by atoms with Crippen molar-refractivity contribution in [3.8, 4) is 39.6 Å². The molecule has 7 aromatic carbocycles. The summed E-state index contributed by atoms with van der Waals surface area (Å²) in [5.74, 6) is 2.69. The van der Waals surface area contributed by atoms with Crippen molar-refractivity contribution in [3.63, 3.8) is 0 Å². The normalized spacial score (nSPS) is 13.3.